The van der Waals surface area contributed by atoms with E-state index in [2.05, 4.69) is 18.2 Å². The predicted molar refractivity (Wildman–Crippen MR) is 46.3 cm³/mol. The quantitative estimate of drug-likeness (QED) is 0.521. The molecule has 0 aromatic carbocycles. The first-order valence-electron chi connectivity index (χ1n) is 3.56. The van der Waals surface area contributed by atoms with Gasteiger partial charge in [-0.05, 0) is 13.8 Å². The van der Waals surface area contributed by atoms with E-state index in [1.165, 1.54) is 0 Å². The van der Waals surface area contributed by atoms with Crippen molar-refractivity contribution in [3.8, 4) is 0 Å². The van der Waals surface area contributed by atoms with E-state index >= 15 is 0 Å². The topological polar surface area (TPSA) is 21.6 Å². The highest BCUT2D eigenvalue weighted by atomic mass is 16.5. The van der Waals surface area contributed by atoms with Crippen LogP contribution in [0.5, 0.6) is 0 Å². The highest BCUT2D eigenvalue weighted by Crippen LogP contribution is 2.37. The summed E-state index contributed by atoms with van der Waals surface area (Å²) in [5, 5.41) is 0. The van der Waals surface area contributed by atoms with Gasteiger partial charge in [0.25, 0.3) is 0 Å². The molecule has 0 fully saturated rings. The summed E-state index contributed by atoms with van der Waals surface area (Å²) in [5.74, 6) is 1.34. The van der Waals surface area contributed by atoms with Crippen molar-refractivity contribution in [1.82, 2.24) is 0 Å². The summed E-state index contributed by atoms with van der Waals surface area (Å²) in [4.78, 5) is 4.12. The van der Waals surface area contributed by atoms with Crippen molar-refractivity contribution in [2.75, 3.05) is 0 Å². The molecule has 2 nitrogen and oxygen atoms in total. The van der Waals surface area contributed by atoms with Gasteiger partial charge < -0.3 is 4.74 Å². The molecule has 0 spiro atoms. The van der Waals surface area contributed by atoms with Crippen LogP contribution in [-0.4, -0.2) is 5.90 Å². The fourth-order valence-corrected chi connectivity index (χ4v) is 0.819. The second-order valence-corrected chi connectivity index (χ2v) is 3.23. The normalized spacial score (nSPS) is 22.6. The number of aliphatic imine (C=N–C) groups is 1. The van der Waals surface area contributed by atoms with Gasteiger partial charge in [-0.1, -0.05) is 13.2 Å². The van der Waals surface area contributed by atoms with E-state index in [0.29, 0.717) is 5.90 Å². The van der Waals surface area contributed by atoms with Gasteiger partial charge in [0, 0.05) is 6.92 Å². The monoisotopic (exact) mass is 151 g/mol. The van der Waals surface area contributed by atoms with Crippen molar-refractivity contribution in [2.45, 2.75) is 20.8 Å². The van der Waals surface area contributed by atoms with E-state index in [4.69, 9.17) is 4.74 Å². The number of hydrogen-bond acceptors (Lipinski definition) is 2. The summed E-state index contributed by atoms with van der Waals surface area (Å²) in [6.45, 7) is 13.4. The highest BCUT2D eigenvalue weighted by Gasteiger charge is 2.31. The van der Waals surface area contributed by atoms with Gasteiger partial charge in [-0.15, -0.1) is 0 Å². The molecule has 11 heavy (non-hydrogen) atoms. The minimum absolute atomic E-state index is 0.223. The SMILES string of the molecule is C=C1N=C(C)OC(=C)C1(C)C. The Kier molecular flexibility index (Phi) is 1.63. The zero-order valence-corrected chi connectivity index (χ0v) is 7.27. The summed E-state index contributed by atoms with van der Waals surface area (Å²) < 4.78 is 5.27. The van der Waals surface area contributed by atoms with Crippen LogP contribution in [0.25, 0.3) is 0 Å². The van der Waals surface area contributed by atoms with Crippen LogP contribution in [0.15, 0.2) is 29.6 Å². The van der Waals surface area contributed by atoms with Gasteiger partial charge in [0.2, 0.25) is 0 Å². The molecule has 0 unspecified atom stereocenters. The van der Waals surface area contributed by atoms with Crippen molar-refractivity contribution < 1.29 is 4.74 Å². The molecule has 1 aliphatic rings. The average molecular weight is 151 g/mol. The molecule has 0 atom stereocenters. The Morgan fingerprint density at radius 3 is 2.36 bits per heavy atom. The summed E-state index contributed by atoms with van der Waals surface area (Å²) in [7, 11) is 0. The zero-order valence-electron chi connectivity index (χ0n) is 7.27. The van der Waals surface area contributed by atoms with E-state index in [1.54, 1.807) is 6.92 Å². The lowest BCUT2D eigenvalue weighted by molar-refractivity contribution is 0.279. The fourth-order valence-electron chi connectivity index (χ4n) is 0.819. The molecule has 0 aromatic rings. The molecule has 0 radical (unpaired) electrons. The van der Waals surface area contributed by atoms with E-state index in [0.717, 1.165) is 11.5 Å². The van der Waals surface area contributed by atoms with Crippen LogP contribution in [0.2, 0.25) is 0 Å². The van der Waals surface area contributed by atoms with E-state index in [1.807, 2.05) is 13.8 Å². The average Bonchev–Trinajstić information content (AvgIpc) is 1.84. The lowest BCUT2D eigenvalue weighted by Crippen LogP contribution is -2.24. The maximum absolute atomic E-state index is 5.27. The van der Waals surface area contributed by atoms with Crippen LogP contribution < -0.4 is 0 Å². The molecular weight excluding hydrogens is 138 g/mol. The first-order chi connectivity index (χ1) is 4.94. The van der Waals surface area contributed by atoms with Crippen LogP contribution in [-0.2, 0) is 4.74 Å². The van der Waals surface area contributed by atoms with Crippen molar-refractivity contribution in [3.05, 3.63) is 24.6 Å². The van der Waals surface area contributed by atoms with Crippen LogP contribution >= 0.6 is 0 Å². The summed E-state index contributed by atoms with van der Waals surface area (Å²) in [6, 6.07) is 0. The largest absolute Gasteiger partial charge is 0.447 e. The molecule has 0 aromatic heterocycles. The number of hydrogen-bond donors (Lipinski definition) is 0. The molecule has 0 saturated carbocycles. The standard InChI is InChI=1S/C9H13NO/c1-6-9(4,5)7(2)11-8(3)10-6/h1-2H2,3-5H3. The van der Waals surface area contributed by atoms with Crippen molar-refractivity contribution in [2.24, 2.45) is 10.4 Å². The van der Waals surface area contributed by atoms with E-state index in [9.17, 15) is 0 Å². The van der Waals surface area contributed by atoms with Gasteiger partial charge in [-0.25, -0.2) is 4.99 Å². The minimum Gasteiger partial charge on any atom is -0.447 e. The van der Waals surface area contributed by atoms with Crippen LogP contribution in [0.3, 0.4) is 0 Å². The fraction of sp³-hybridized carbons (Fsp3) is 0.444. The van der Waals surface area contributed by atoms with Crippen molar-refractivity contribution in [1.29, 1.82) is 0 Å². The van der Waals surface area contributed by atoms with Gasteiger partial charge >= 0.3 is 0 Å². The molecular formula is C9H13NO. The van der Waals surface area contributed by atoms with Gasteiger partial charge in [0.1, 0.15) is 5.76 Å². The Balaban J connectivity index is 3.06. The third kappa shape index (κ3) is 1.20. The molecule has 2 heteroatoms. The molecule has 60 valence electrons. The number of rotatable bonds is 0. The summed E-state index contributed by atoms with van der Waals surface area (Å²) >= 11 is 0. The maximum Gasteiger partial charge on any atom is 0.191 e. The number of ether oxygens (including phenoxy) is 1. The molecule has 1 aliphatic heterocycles. The Morgan fingerprint density at radius 2 is 1.91 bits per heavy atom. The van der Waals surface area contributed by atoms with E-state index < -0.39 is 0 Å². The Morgan fingerprint density at radius 1 is 1.36 bits per heavy atom. The summed E-state index contributed by atoms with van der Waals surface area (Å²) in [6.07, 6.45) is 0. The van der Waals surface area contributed by atoms with Crippen molar-refractivity contribution >= 4 is 5.90 Å². The molecule has 1 heterocycles. The molecule has 1 rings (SSSR count). The smallest absolute Gasteiger partial charge is 0.191 e. The first-order valence-corrected chi connectivity index (χ1v) is 3.56. The number of nitrogens with zero attached hydrogens (tertiary/aromatic N) is 1. The predicted octanol–water partition coefficient (Wildman–Crippen LogP) is 2.49. The van der Waals surface area contributed by atoms with Gasteiger partial charge in [0.15, 0.2) is 5.90 Å². The van der Waals surface area contributed by atoms with Crippen molar-refractivity contribution in [3.63, 3.8) is 0 Å². The summed E-state index contributed by atoms with van der Waals surface area (Å²) in [5.41, 5.74) is 0.589. The molecule has 0 saturated heterocycles. The molecule has 0 N–H and O–H groups in total. The van der Waals surface area contributed by atoms with Gasteiger partial charge in [0.05, 0.1) is 11.1 Å². The Hall–Kier alpha value is -1.05. The molecule has 0 amide bonds. The van der Waals surface area contributed by atoms with Crippen LogP contribution in [0.1, 0.15) is 20.8 Å². The third-order valence-electron chi connectivity index (χ3n) is 1.98. The van der Waals surface area contributed by atoms with Gasteiger partial charge in [-0.3, -0.25) is 0 Å². The second-order valence-electron chi connectivity index (χ2n) is 3.23. The molecule has 0 bridgehead atoms. The third-order valence-corrected chi connectivity index (χ3v) is 1.98. The minimum atomic E-state index is -0.223. The highest BCUT2D eigenvalue weighted by molar-refractivity contribution is 5.77. The lowest BCUT2D eigenvalue weighted by Gasteiger charge is -2.30. The Labute approximate surface area is 67.3 Å². The second kappa shape index (κ2) is 2.22. The van der Waals surface area contributed by atoms with Crippen LogP contribution in [0, 0.1) is 5.41 Å². The molecule has 0 aliphatic carbocycles. The van der Waals surface area contributed by atoms with E-state index in [-0.39, 0.29) is 5.41 Å². The maximum atomic E-state index is 5.27. The van der Waals surface area contributed by atoms with Gasteiger partial charge in [-0.2, -0.15) is 0 Å². The first kappa shape index (κ1) is 8.05. The Bertz CT molecular complexity index is 248. The van der Waals surface area contributed by atoms with Crippen LogP contribution in [0.4, 0.5) is 0 Å². The zero-order chi connectivity index (χ0) is 8.65. The lowest BCUT2D eigenvalue weighted by atomic mass is 9.87.